The van der Waals surface area contributed by atoms with E-state index in [1.807, 2.05) is 24.3 Å². The number of halogens is 2. The summed E-state index contributed by atoms with van der Waals surface area (Å²) in [7, 11) is 0. The predicted octanol–water partition coefficient (Wildman–Crippen LogP) is 5.06. The van der Waals surface area contributed by atoms with Crippen LogP contribution < -0.4 is 0 Å². The van der Waals surface area contributed by atoms with Crippen LogP contribution in [0.5, 0.6) is 0 Å². The maximum Gasteiger partial charge on any atom is 0.0610 e. The molecule has 0 bridgehead atoms. The lowest BCUT2D eigenvalue weighted by Crippen LogP contribution is -2.03. The second-order valence-corrected chi connectivity index (χ2v) is 4.63. The molecule has 2 atom stereocenters. The van der Waals surface area contributed by atoms with Gasteiger partial charge in [0.1, 0.15) is 0 Å². The summed E-state index contributed by atoms with van der Waals surface area (Å²) in [5, 5.41) is 0.868. The summed E-state index contributed by atoms with van der Waals surface area (Å²) >= 11 is 12.2. The van der Waals surface area contributed by atoms with Crippen molar-refractivity contribution >= 4 is 23.2 Å². The average molecular weight is 231 g/mol. The number of hydrogen-bond acceptors (Lipinski definition) is 0. The van der Waals surface area contributed by atoms with Crippen molar-refractivity contribution in [2.75, 3.05) is 0 Å². The maximum atomic E-state index is 6.34. The third kappa shape index (κ3) is 3.18. The smallest absolute Gasteiger partial charge is 0.0610 e. The third-order valence-electron chi connectivity index (χ3n) is 2.43. The molecule has 2 unspecified atom stereocenters. The van der Waals surface area contributed by atoms with Gasteiger partial charge in [0.05, 0.1) is 5.38 Å². The topological polar surface area (TPSA) is 0 Å². The van der Waals surface area contributed by atoms with Crippen molar-refractivity contribution in [1.82, 2.24) is 0 Å². The molecule has 0 aliphatic carbocycles. The zero-order chi connectivity index (χ0) is 10.6. The summed E-state index contributed by atoms with van der Waals surface area (Å²) in [5.74, 6) is 0.517. The molecule has 0 fully saturated rings. The summed E-state index contributed by atoms with van der Waals surface area (Å²) in [6.45, 7) is 4.37. The highest BCUT2D eigenvalue weighted by Gasteiger charge is 2.15. The van der Waals surface area contributed by atoms with Gasteiger partial charge in [-0.05, 0) is 30.0 Å². The second kappa shape index (κ2) is 5.63. The van der Waals surface area contributed by atoms with E-state index in [-0.39, 0.29) is 5.38 Å². The molecule has 14 heavy (non-hydrogen) atoms. The van der Waals surface area contributed by atoms with E-state index in [0.717, 1.165) is 17.0 Å². The van der Waals surface area contributed by atoms with Crippen molar-refractivity contribution < 1.29 is 0 Å². The van der Waals surface area contributed by atoms with Crippen molar-refractivity contribution in [1.29, 1.82) is 0 Å². The Labute approximate surface area is 96.2 Å². The van der Waals surface area contributed by atoms with E-state index >= 15 is 0 Å². The summed E-state index contributed by atoms with van der Waals surface area (Å²) in [5.41, 5.74) is 1.16. The van der Waals surface area contributed by atoms with E-state index in [4.69, 9.17) is 23.2 Å². The Morgan fingerprint density at radius 3 is 2.29 bits per heavy atom. The first-order chi connectivity index (χ1) is 6.65. The number of rotatable bonds is 4. The monoisotopic (exact) mass is 230 g/mol. The van der Waals surface area contributed by atoms with Gasteiger partial charge >= 0.3 is 0 Å². The molecule has 0 amide bonds. The minimum atomic E-state index is 0.104. The molecule has 0 saturated heterocycles. The van der Waals surface area contributed by atoms with Gasteiger partial charge in [0.15, 0.2) is 0 Å². The Balaban J connectivity index is 2.68. The first-order valence-corrected chi connectivity index (χ1v) is 5.86. The van der Waals surface area contributed by atoms with Crippen LogP contribution in [0.15, 0.2) is 24.3 Å². The van der Waals surface area contributed by atoms with Crippen LogP contribution >= 0.6 is 23.2 Å². The van der Waals surface area contributed by atoms with Crippen molar-refractivity contribution in [3.8, 4) is 0 Å². The molecule has 0 saturated carbocycles. The Bertz CT molecular complexity index is 266. The van der Waals surface area contributed by atoms with Crippen LogP contribution in [0.25, 0.3) is 0 Å². The molecule has 1 rings (SSSR count). The van der Waals surface area contributed by atoms with Crippen molar-refractivity contribution in [2.24, 2.45) is 5.92 Å². The van der Waals surface area contributed by atoms with Gasteiger partial charge in [-0.3, -0.25) is 0 Å². The molecular weight excluding hydrogens is 215 g/mol. The second-order valence-electron chi connectivity index (χ2n) is 3.72. The molecule has 0 spiro atoms. The average Bonchev–Trinajstić information content (AvgIpc) is 2.18. The minimum absolute atomic E-state index is 0.104. The first kappa shape index (κ1) is 11.9. The van der Waals surface area contributed by atoms with Crippen molar-refractivity contribution in [3.63, 3.8) is 0 Å². The number of alkyl halides is 1. The van der Waals surface area contributed by atoms with Gasteiger partial charge in [0.25, 0.3) is 0 Å². The molecule has 0 nitrogen and oxygen atoms in total. The fourth-order valence-corrected chi connectivity index (χ4v) is 1.97. The van der Waals surface area contributed by atoms with Crippen LogP contribution in [0.1, 0.15) is 37.6 Å². The van der Waals surface area contributed by atoms with E-state index in [1.54, 1.807) is 0 Å². The summed E-state index contributed by atoms with van der Waals surface area (Å²) < 4.78 is 0. The molecule has 0 aliphatic rings. The Morgan fingerprint density at radius 2 is 1.79 bits per heavy atom. The van der Waals surface area contributed by atoms with Gasteiger partial charge < -0.3 is 0 Å². The molecule has 0 heterocycles. The van der Waals surface area contributed by atoms with Gasteiger partial charge in [-0.25, -0.2) is 0 Å². The van der Waals surface area contributed by atoms with Crippen LogP contribution in [-0.2, 0) is 0 Å². The zero-order valence-electron chi connectivity index (χ0n) is 8.63. The van der Waals surface area contributed by atoms with Gasteiger partial charge in [-0.1, -0.05) is 44.0 Å². The minimum Gasteiger partial charge on any atom is -0.118 e. The Kier molecular flexibility index (Phi) is 4.77. The fraction of sp³-hybridized carbons (Fsp3) is 0.500. The standard InChI is InChI=1S/C12H16Cl2/c1-3-4-9(2)12(14)10-5-7-11(13)8-6-10/h5-9,12H,3-4H2,1-2H3. The van der Waals surface area contributed by atoms with E-state index in [2.05, 4.69) is 13.8 Å². The third-order valence-corrected chi connectivity index (χ3v) is 3.37. The lowest BCUT2D eigenvalue weighted by molar-refractivity contribution is 0.507. The summed E-state index contributed by atoms with van der Waals surface area (Å²) in [6.07, 6.45) is 2.34. The number of hydrogen-bond donors (Lipinski definition) is 0. The van der Waals surface area contributed by atoms with Crippen LogP contribution in [0.2, 0.25) is 5.02 Å². The largest absolute Gasteiger partial charge is 0.118 e. The maximum absolute atomic E-state index is 6.34. The highest BCUT2D eigenvalue weighted by molar-refractivity contribution is 6.30. The SMILES string of the molecule is CCCC(C)C(Cl)c1ccc(Cl)cc1. The van der Waals surface area contributed by atoms with Crippen LogP contribution in [-0.4, -0.2) is 0 Å². The van der Waals surface area contributed by atoms with Gasteiger partial charge in [0.2, 0.25) is 0 Å². The van der Waals surface area contributed by atoms with E-state index in [9.17, 15) is 0 Å². The van der Waals surface area contributed by atoms with Gasteiger partial charge in [-0.15, -0.1) is 11.6 Å². The highest BCUT2D eigenvalue weighted by Crippen LogP contribution is 2.32. The Morgan fingerprint density at radius 1 is 1.21 bits per heavy atom. The molecular formula is C12H16Cl2. The van der Waals surface area contributed by atoms with Gasteiger partial charge in [0, 0.05) is 5.02 Å². The van der Waals surface area contributed by atoms with E-state index in [1.165, 1.54) is 6.42 Å². The molecule has 0 radical (unpaired) electrons. The van der Waals surface area contributed by atoms with E-state index < -0.39 is 0 Å². The molecule has 1 aromatic carbocycles. The zero-order valence-corrected chi connectivity index (χ0v) is 10.1. The van der Waals surface area contributed by atoms with E-state index in [0.29, 0.717) is 5.92 Å². The normalized spacial score (nSPS) is 15.1. The highest BCUT2D eigenvalue weighted by atomic mass is 35.5. The van der Waals surface area contributed by atoms with Gasteiger partial charge in [-0.2, -0.15) is 0 Å². The molecule has 78 valence electrons. The fourth-order valence-electron chi connectivity index (χ4n) is 1.58. The summed E-state index contributed by atoms with van der Waals surface area (Å²) in [4.78, 5) is 0. The summed E-state index contributed by atoms with van der Waals surface area (Å²) in [6, 6.07) is 7.80. The van der Waals surface area contributed by atoms with Crippen LogP contribution in [0.4, 0.5) is 0 Å². The van der Waals surface area contributed by atoms with Crippen LogP contribution in [0, 0.1) is 5.92 Å². The van der Waals surface area contributed by atoms with Crippen LogP contribution in [0.3, 0.4) is 0 Å². The quantitative estimate of drug-likeness (QED) is 0.635. The molecule has 1 aromatic rings. The number of benzene rings is 1. The predicted molar refractivity (Wildman–Crippen MR) is 64.1 cm³/mol. The molecule has 0 N–H and O–H groups in total. The van der Waals surface area contributed by atoms with Crippen molar-refractivity contribution in [2.45, 2.75) is 32.1 Å². The molecule has 0 aromatic heterocycles. The molecule has 2 heteroatoms. The lowest BCUT2D eigenvalue weighted by atomic mass is 9.96. The lowest BCUT2D eigenvalue weighted by Gasteiger charge is -2.17. The first-order valence-electron chi connectivity index (χ1n) is 5.04. The Hall–Kier alpha value is -0.200. The molecule has 0 aliphatic heterocycles. The van der Waals surface area contributed by atoms with Crippen molar-refractivity contribution in [3.05, 3.63) is 34.9 Å².